The summed E-state index contributed by atoms with van der Waals surface area (Å²) in [6.45, 7) is 3.93. The summed E-state index contributed by atoms with van der Waals surface area (Å²) in [7, 11) is 0. The van der Waals surface area contributed by atoms with Gasteiger partial charge in [-0.25, -0.2) is 4.39 Å². The van der Waals surface area contributed by atoms with E-state index in [1.807, 2.05) is 6.07 Å². The maximum Gasteiger partial charge on any atom is 0.166 e. The molecule has 0 unspecified atom stereocenters. The number of aromatic nitrogens is 2. The van der Waals surface area contributed by atoms with Gasteiger partial charge in [0.2, 0.25) is 0 Å². The number of nitrogens with zero attached hydrogens (tertiary/aromatic N) is 3. The first kappa shape index (κ1) is 13.0. The summed E-state index contributed by atoms with van der Waals surface area (Å²) in [5.41, 5.74) is 2.59. The minimum absolute atomic E-state index is 0.180. The normalized spacial score (nSPS) is 10.0. The van der Waals surface area contributed by atoms with Crippen molar-refractivity contribution in [1.29, 1.82) is 5.26 Å². The van der Waals surface area contributed by atoms with E-state index in [2.05, 4.69) is 15.5 Å². The molecule has 19 heavy (non-hydrogen) atoms. The molecule has 0 aliphatic heterocycles. The predicted octanol–water partition coefficient (Wildman–Crippen LogP) is 2.72. The van der Waals surface area contributed by atoms with Crippen LogP contribution < -0.4 is 5.32 Å². The van der Waals surface area contributed by atoms with Crippen molar-refractivity contribution in [3.63, 3.8) is 0 Å². The fourth-order valence-corrected chi connectivity index (χ4v) is 1.88. The largest absolute Gasteiger partial charge is 0.363 e. The molecule has 4 nitrogen and oxygen atoms in total. The molecule has 1 aromatic carbocycles. The fraction of sp³-hybridized carbons (Fsp3) is 0.214. The third kappa shape index (κ3) is 2.86. The standard InChI is InChI=1S/C14H13FN4/c1-9-5-11(6-10(2)13(9)15)8-17-14-12(7-16)3-4-18-19-14/h3-6H,8H2,1-2H3,(H,17,19). The first-order chi connectivity index (χ1) is 9.11. The summed E-state index contributed by atoms with van der Waals surface area (Å²) in [5, 5.41) is 19.6. The third-order valence-corrected chi connectivity index (χ3v) is 2.80. The first-order valence-corrected chi connectivity index (χ1v) is 5.83. The van der Waals surface area contributed by atoms with E-state index >= 15 is 0 Å². The van der Waals surface area contributed by atoms with Gasteiger partial charge in [-0.2, -0.15) is 10.4 Å². The van der Waals surface area contributed by atoms with Crippen LogP contribution in [0.1, 0.15) is 22.3 Å². The highest BCUT2D eigenvalue weighted by molar-refractivity contribution is 5.50. The van der Waals surface area contributed by atoms with Crippen molar-refractivity contribution in [1.82, 2.24) is 10.2 Å². The van der Waals surface area contributed by atoms with E-state index in [-0.39, 0.29) is 5.82 Å². The van der Waals surface area contributed by atoms with Crippen LogP contribution in [0.2, 0.25) is 0 Å². The number of anilines is 1. The second-order valence-electron chi connectivity index (χ2n) is 4.30. The molecule has 0 atom stereocenters. The summed E-state index contributed by atoms with van der Waals surface area (Å²) in [5.74, 6) is 0.255. The van der Waals surface area contributed by atoms with Gasteiger partial charge in [0.25, 0.3) is 0 Å². The number of hydrogen-bond donors (Lipinski definition) is 1. The SMILES string of the molecule is Cc1cc(CNc2nnccc2C#N)cc(C)c1F. The molecule has 2 aromatic rings. The Bertz CT molecular complexity index is 623. The van der Waals surface area contributed by atoms with Gasteiger partial charge in [-0.15, -0.1) is 5.10 Å². The second-order valence-corrected chi connectivity index (χ2v) is 4.30. The molecule has 5 heteroatoms. The molecular weight excluding hydrogens is 243 g/mol. The Morgan fingerprint density at radius 3 is 2.63 bits per heavy atom. The molecule has 1 heterocycles. The molecular formula is C14H13FN4. The number of benzene rings is 1. The van der Waals surface area contributed by atoms with Gasteiger partial charge in [0, 0.05) is 6.54 Å². The lowest BCUT2D eigenvalue weighted by Crippen LogP contribution is -2.05. The number of halogens is 1. The van der Waals surface area contributed by atoms with Crippen molar-refractivity contribution in [3.05, 3.63) is 52.5 Å². The summed E-state index contributed by atoms with van der Waals surface area (Å²) < 4.78 is 13.5. The van der Waals surface area contributed by atoms with Crippen LogP contribution in [0.25, 0.3) is 0 Å². The molecule has 96 valence electrons. The van der Waals surface area contributed by atoms with Crippen LogP contribution in [-0.2, 0) is 6.54 Å². The molecule has 0 amide bonds. The van der Waals surface area contributed by atoms with Crippen LogP contribution in [0.4, 0.5) is 10.2 Å². The molecule has 0 fully saturated rings. The number of nitriles is 1. The van der Waals surface area contributed by atoms with Gasteiger partial charge < -0.3 is 5.32 Å². The summed E-state index contributed by atoms with van der Waals surface area (Å²) in [4.78, 5) is 0. The second kappa shape index (κ2) is 5.44. The van der Waals surface area contributed by atoms with Crippen LogP contribution in [0.5, 0.6) is 0 Å². The van der Waals surface area contributed by atoms with E-state index in [0.29, 0.717) is 29.1 Å². The smallest absolute Gasteiger partial charge is 0.166 e. The zero-order valence-corrected chi connectivity index (χ0v) is 10.7. The Kier molecular flexibility index (Phi) is 3.71. The summed E-state index contributed by atoms with van der Waals surface area (Å²) in [6.07, 6.45) is 1.47. The first-order valence-electron chi connectivity index (χ1n) is 5.83. The molecule has 1 N–H and O–H groups in total. The third-order valence-electron chi connectivity index (χ3n) is 2.80. The van der Waals surface area contributed by atoms with Crippen molar-refractivity contribution < 1.29 is 4.39 Å². The van der Waals surface area contributed by atoms with Crippen LogP contribution in [0.15, 0.2) is 24.4 Å². The highest BCUT2D eigenvalue weighted by Gasteiger charge is 2.06. The zero-order valence-electron chi connectivity index (χ0n) is 10.7. The molecule has 1 aromatic heterocycles. The highest BCUT2D eigenvalue weighted by atomic mass is 19.1. The minimum Gasteiger partial charge on any atom is -0.363 e. The topological polar surface area (TPSA) is 61.6 Å². The Labute approximate surface area is 110 Å². The maximum atomic E-state index is 13.5. The molecule has 0 aliphatic rings. The molecule has 2 rings (SSSR count). The average molecular weight is 256 g/mol. The van der Waals surface area contributed by atoms with E-state index in [0.717, 1.165) is 5.56 Å². The molecule has 0 saturated carbocycles. The predicted molar refractivity (Wildman–Crippen MR) is 69.9 cm³/mol. The van der Waals surface area contributed by atoms with Crippen LogP contribution in [-0.4, -0.2) is 10.2 Å². The fourth-order valence-electron chi connectivity index (χ4n) is 1.88. The Morgan fingerprint density at radius 1 is 1.32 bits per heavy atom. The van der Waals surface area contributed by atoms with Crippen molar-refractivity contribution >= 4 is 5.82 Å². The highest BCUT2D eigenvalue weighted by Crippen LogP contribution is 2.16. The molecule has 0 saturated heterocycles. The number of aryl methyl sites for hydroxylation is 2. The van der Waals surface area contributed by atoms with E-state index in [1.165, 1.54) is 6.20 Å². The van der Waals surface area contributed by atoms with Crippen molar-refractivity contribution in [2.24, 2.45) is 0 Å². The lowest BCUT2D eigenvalue weighted by atomic mass is 10.1. The van der Waals surface area contributed by atoms with Crippen molar-refractivity contribution in [3.8, 4) is 6.07 Å². The molecule has 0 spiro atoms. The van der Waals surface area contributed by atoms with Gasteiger partial charge in [-0.1, -0.05) is 12.1 Å². The van der Waals surface area contributed by atoms with Crippen molar-refractivity contribution in [2.75, 3.05) is 5.32 Å². The van der Waals surface area contributed by atoms with E-state index in [1.54, 1.807) is 32.0 Å². The van der Waals surface area contributed by atoms with Gasteiger partial charge >= 0.3 is 0 Å². The summed E-state index contributed by atoms with van der Waals surface area (Å²) >= 11 is 0. The van der Waals surface area contributed by atoms with Crippen LogP contribution in [0.3, 0.4) is 0 Å². The van der Waals surface area contributed by atoms with Gasteiger partial charge in [0.05, 0.1) is 11.8 Å². The average Bonchev–Trinajstić information content (AvgIpc) is 2.42. The van der Waals surface area contributed by atoms with Crippen molar-refractivity contribution in [2.45, 2.75) is 20.4 Å². The van der Waals surface area contributed by atoms with Crippen LogP contribution in [0, 0.1) is 31.0 Å². The Morgan fingerprint density at radius 2 is 2.00 bits per heavy atom. The van der Waals surface area contributed by atoms with Crippen LogP contribution >= 0.6 is 0 Å². The van der Waals surface area contributed by atoms with Gasteiger partial charge in [0.1, 0.15) is 11.9 Å². The van der Waals surface area contributed by atoms with Gasteiger partial charge in [-0.3, -0.25) is 0 Å². The van der Waals surface area contributed by atoms with E-state index in [9.17, 15) is 4.39 Å². The number of nitrogens with one attached hydrogen (secondary N) is 1. The molecule has 0 bridgehead atoms. The van der Waals surface area contributed by atoms with Gasteiger partial charge in [-0.05, 0) is 36.6 Å². The number of rotatable bonds is 3. The molecule has 0 radical (unpaired) electrons. The lowest BCUT2D eigenvalue weighted by Gasteiger charge is -2.09. The zero-order chi connectivity index (χ0) is 13.8. The quantitative estimate of drug-likeness (QED) is 0.917. The summed E-state index contributed by atoms with van der Waals surface area (Å²) in [6, 6.07) is 7.18. The van der Waals surface area contributed by atoms with E-state index < -0.39 is 0 Å². The number of hydrogen-bond acceptors (Lipinski definition) is 4. The molecule has 0 aliphatic carbocycles. The Balaban J connectivity index is 2.17. The lowest BCUT2D eigenvalue weighted by molar-refractivity contribution is 0.608. The maximum absolute atomic E-state index is 13.5. The Hall–Kier alpha value is -2.48. The van der Waals surface area contributed by atoms with E-state index in [4.69, 9.17) is 5.26 Å². The van der Waals surface area contributed by atoms with Gasteiger partial charge in [0.15, 0.2) is 5.82 Å². The monoisotopic (exact) mass is 256 g/mol. The minimum atomic E-state index is -0.180.